The number of imide groups is 1. The summed E-state index contributed by atoms with van der Waals surface area (Å²) in [4.78, 5) is 65.4. The second-order valence-electron chi connectivity index (χ2n) is 18.2. The Hall–Kier alpha value is -6.20. The Kier molecular flexibility index (Phi) is 10.6. The molecule has 0 bridgehead atoms. The number of anilines is 3. The van der Waals surface area contributed by atoms with Crippen molar-refractivity contribution in [3.05, 3.63) is 94.1 Å². The molecular formula is C48H52F2N10O5. The van der Waals surface area contributed by atoms with E-state index in [4.69, 9.17) is 9.84 Å². The topological polar surface area (TPSA) is 141 Å². The first-order valence-electron chi connectivity index (χ1n) is 23.0. The van der Waals surface area contributed by atoms with Gasteiger partial charge in [0.25, 0.3) is 12.3 Å². The van der Waals surface area contributed by atoms with Crippen LogP contribution in [0.3, 0.4) is 0 Å². The highest BCUT2D eigenvalue weighted by Gasteiger charge is 2.40. The molecule has 338 valence electrons. The Labute approximate surface area is 374 Å². The number of fused-ring (bicyclic) bond motifs is 4. The first-order valence-corrected chi connectivity index (χ1v) is 23.0. The molecule has 0 saturated carbocycles. The quantitative estimate of drug-likeness (QED) is 0.197. The fraction of sp³-hybridized carbons (Fsp3) is 0.458. The fourth-order valence-electron chi connectivity index (χ4n) is 11.0. The van der Waals surface area contributed by atoms with E-state index in [1.165, 1.54) is 0 Å². The summed E-state index contributed by atoms with van der Waals surface area (Å²) in [5, 5.41) is 7.65. The van der Waals surface area contributed by atoms with Gasteiger partial charge in [0.2, 0.25) is 17.7 Å². The van der Waals surface area contributed by atoms with Crippen LogP contribution in [0.25, 0.3) is 16.8 Å². The number of aryl methyl sites for hydroxylation is 1. The predicted molar refractivity (Wildman–Crippen MR) is 237 cm³/mol. The van der Waals surface area contributed by atoms with E-state index >= 15 is 8.78 Å². The Morgan fingerprint density at radius 2 is 1.72 bits per heavy atom. The highest BCUT2D eigenvalue weighted by molar-refractivity contribution is 6.05. The second kappa shape index (κ2) is 16.7. The van der Waals surface area contributed by atoms with Gasteiger partial charge in [0.05, 0.1) is 18.3 Å². The Balaban J connectivity index is 0.886. The zero-order chi connectivity index (χ0) is 44.5. The molecule has 1 atom stereocenters. The summed E-state index contributed by atoms with van der Waals surface area (Å²) in [5.41, 5.74) is 9.04. The number of piperazine rings is 1. The number of hydrogen-bond donors (Lipinski definition) is 1. The van der Waals surface area contributed by atoms with Crippen LogP contribution in [0, 0.1) is 0 Å². The van der Waals surface area contributed by atoms with E-state index in [9.17, 15) is 19.2 Å². The van der Waals surface area contributed by atoms with Crippen LogP contribution in [0.2, 0.25) is 0 Å². The van der Waals surface area contributed by atoms with Gasteiger partial charge in [-0.2, -0.15) is 5.10 Å². The first kappa shape index (κ1) is 41.5. The van der Waals surface area contributed by atoms with Gasteiger partial charge in [0, 0.05) is 138 Å². The number of carbonyl (C=O) groups excluding carboxylic acids is 4. The number of benzene rings is 2. The molecule has 0 radical (unpaired) electrons. The summed E-state index contributed by atoms with van der Waals surface area (Å²) in [7, 11) is 0. The van der Waals surface area contributed by atoms with Gasteiger partial charge in [-0.25, -0.2) is 13.8 Å². The number of piperidine rings is 1. The number of aromatic nitrogens is 4. The third-order valence-corrected chi connectivity index (χ3v) is 14.5. The Morgan fingerprint density at radius 3 is 2.51 bits per heavy atom. The van der Waals surface area contributed by atoms with E-state index in [0.717, 1.165) is 70.8 Å². The molecule has 5 aromatic rings. The Bertz CT molecular complexity index is 2740. The Morgan fingerprint density at radius 1 is 0.892 bits per heavy atom. The fourth-order valence-corrected chi connectivity index (χ4v) is 11.0. The zero-order valence-corrected chi connectivity index (χ0v) is 36.5. The highest BCUT2D eigenvalue weighted by Crippen LogP contribution is 2.46. The molecule has 3 aromatic heterocycles. The maximum atomic E-state index is 15.7. The molecular weight excluding hydrogens is 835 g/mol. The van der Waals surface area contributed by atoms with Crippen molar-refractivity contribution in [3.8, 4) is 11.1 Å². The maximum absolute atomic E-state index is 15.7. The van der Waals surface area contributed by atoms with Crippen molar-refractivity contribution in [2.24, 2.45) is 0 Å². The SMILES string of the molecule is CC(=O)N1CCc2c(c(N3CCCc4cc(-c5cc6nccn6cc5N5CCN(Cc6cccc7c6CN(C6CCC(=O)NC6=O)C7=O)CC5)c(C(F)F)cc43)nn2C2CCOCC2)C1. The molecule has 1 N–H and O–H groups in total. The molecule has 11 rings (SSSR count). The lowest BCUT2D eigenvalue weighted by atomic mass is 9.91. The van der Waals surface area contributed by atoms with E-state index in [-0.39, 0.29) is 35.7 Å². The van der Waals surface area contributed by atoms with E-state index in [0.29, 0.717) is 107 Å². The summed E-state index contributed by atoms with van der Waals surface area (Å²) >= 11 is 0. The van der Waals surface area contributed by atoms with Crippen LogP contribution in [0.15, 0.2) is 55.0 Å². The van der Waals surface area contributed by atoms with E-state index in [1.54, 1.807) is 24.1 Å². The number of pyridine rings is 1. The smallest absolute Gasteiger partial charge is 0.264 e. The van der Waals surface area contributed by atoms with Crippen molar-refractivity contribution in [2.75, 3.05) is 62.3 Å². The van der Waals surface area contributed by atoms with Gasteiger partial charge in [0.15, 0.2) is 5.82 Å². The van der Waals surface area contributed by atoms with Gasteiger partial charge in [-0.3, -0.25) is 34.1 Å². The molecule has 2 aromatic carbocycles. The minimum absolute atomic E-state index is 0.00730. The number of rotatable bonds is 8. The van der Waals surface area contributed by atoms with Crippen LogP contribution in [0.5, 0.6) is 0 Å². The number of hydrogen-bond acceptors (Lipinski definition) is 10. The molecule has 9 heterocycles. The summed E-state index contributed by atoms with van der Waals surface area (Å²) in [6.45, 7) is 8.21. The van der Waals surface area contributed by atoms with Crippen LogP contribution in [0.1, 0.15) is 95.4 Å². The van der Waals surface area contributed by atoms with Crippen LogP contribution in [-0.4, -0.2) is 116 Å². The standard InChI is InChI=1S/C48H52F2N10O5/c1-29(61)56-14-9-39-38(26-56)46(53-60(39)32-10-20-65-21-11-32)58-13-3-5-30-22-34(36(45(49)50)23-41(30)58)35-24-43-51-12-15-57(43)28-42(35)55-18-16-54(17-19-55)25-31-4-2-6-33-37(31)27-59(48(33)64)40-7-8-44(62)52-47(40)63/h2,4,6,12,15,22-24,28,32,40,45H,3,5,7-11,13-14,16-21,25-27H2,1H3,(H,52,62,63). The lowest BCUT2D eigenvalue weighted by Crippen LogP contribution is -2.52. The van der Waals surface area contributed by atoms with Gasteiger partial charge < -0.3 is 28.7 Å². The van der Waals surface area contributed by atoms with Crippen molar-refractivity contribution in [2.45, 2.75) is 90.0 Å². The van der Waals surface area contributed by atoms with Crippen molar-refractivity contribution >= 4 is 46.5 Å². The molecule has 3 fully saturated rings. The molecule has 1 unspecified atom stereocenters. The lowest BCUT2D eigenvalue weighted by molar-refractivity contribution is -0.137. The third-order valence-electron chi connectivity index (χ3n) is 14.5. The molecule has 4 amide bonds. The average Bonchev–Trinajstić information content (AvgIpc) is 4.04. The minimum atomic E-state index is -2.76. The molecule has 15 nitrogen and oxygen atoms in total. The number of ether oxygens (including phenoxy) is 1. The lowest BCUT2D eigenvalue weighted by Gasteiger charge is -2.37. The molecule has 3 saturated heterocycles. The first-order chi connectivity index (χ1) is 31.6. The maximum Gasteiger partial charge on any atom is 0.264 e. The highest BCUT2D eigenvalue weighted by atomic mass is 19.3. The molecule has 0 aliphatic carbocycles. The number of halogens is 2. The summed E-state index contributed by atoms with van der Waals surface area (Å²) < 4.78 is 41.1. The molecule has 65 heavy (non-hydrogen) atoms. The van der Waals surface area contributed by atoms with Gasteiger partial charge in [0.1, 0.15) is 11.7 Å². The largest absolute Gasteiger partial charge is 0.381 e. The number of imidazole rings is 1. The predicted octanol–water partition coefficient (Wildman–Crippen LogP) is 5.56. The summed E-state index contributed by atoms with van der Waals surface area (Å²) in [6, 6.07) is 10.8. The number of amides is 4. The van der Waals surface area contributed by atoms with E-state index < -0.39 is 18.4 Å². The average molecular weight is 887 g/mol. The van der Waals surface area contributed by atoms with E-state index in [1.807, 2.05) is 52.0 Å². The zero-order valence-electron chi connectivity index (χ0n) is 36.5. The second-order valence-corrected chi connectivity index (χ2v) is 18.2. The number of nitrogens with one attached hydrogen (secondary N) is 1. The summed E-state index contributed by atoms with van der Waals surface area (Å²) in [6.07, 6.45) is 7.28. The van der Waals surface area contributed by atoms with Gasteiger partial charge in [-0.05, 0) is 78.6 Å². The van der Waals surface area contributed by atoms with Crippen molar-refractivity contribution in [1.29, 1.82) is 0 Å². The normalized spacial score (nSPS) is 20.7. The monoisotopic (exact) mass is 886 g/mol. The van der Waals surface area contributed by atoms with Crippen molar-refractivity contribution in [3.63, 3.8) is 0 Å². The number of alkyl halides is 2. The molecule has 0 spiro atoms. The van der Waals surface area contributed by atoms with Crippen LogP contribution in [0.4, 0.5) is 26.0 Å². The van der Waals surface area contributed by atoms with Crippen molar-refractivity contribution < 1.29 is 32.7 Å². The summed E-state index contributed by atoms with van der Waals surface area (Å²) in [5.74, 6) is -0.176. The minimum Gasteiger partial charge on any atom is -0.381 e. The molecule has 6 aliphatic heterocycles. The third kappa shape index (κ3) is 7.41. The molecule has 17 heteroatoms. The van der Waals surface area contributed by atoms with Gasteiger partial charge in [-0.15, -0.1) is 0 Å². The van der Waals surface area contributed by atoms with Crippen LogP contribution < -0.4 is 15.1 Å². The van der Waals surface area contributed by atoms with Gasteiger partial charge in [-0.1, -0.05) is 12.1 Å². The number of carbonyl (C=O) groups is 4. The van der Waals surface area contributed by atoms with Gasteiger partial charge >= 0.3 is 0 Å². The van der Waals surface area contributed by atoms with Crippen LogP contribution >= 0.6 is 0 Å². The molecule has 6 aliphatic rings. The number of nitrogens with zero attached hydrogens (tertiary/aromatic N) is 9. The van der Waals surface area contributed by atoms with Crippen LogP contribution in [-0.2, 0) is 51.6 Å². The van der Waals surface area contributed by atoms with Crippen molar-refractivity contribution in [1.82, 2.24) is 39.2 Å². The van der Waals surface area contributed by atoms with E-state index in [2.05, 4.69) is 29.7 Å².